The van der Waals surface area contributed by atoms with Crippen LogP contribution in [0.1, 0.15) is 45.2 Å². The molecule has 0 bridgehead atoms. The molecule has 0 aliphatic carbocycles. The number of esters is 1. The molecule has 0 aromatic heterocycles. The molecule has 1 N–H and O–H groups in total. The Morgan fingerprint density at radius 1 is 0.900 bits per heavy atom. The third-order valence-corrected chi connectivity index (χ3v) is 4.11. The fourth-order valence-electron chi connectivity index (χ4n) is 2.71. The fraction of sp³-hybridized carbons (Fsp3) is 0.417. The molecule has 162 valence electrons. The summed E-state index contributed by atoms with van der Waals surface area (Å²) in [4.78, 5) is 24.7. The average Bonchev–Trinajstić information content (AvgIpc) is 2.69. The number of ether oxygens (including phenoxy) is 3. The summed E-state index contributed by atoms with van der Waals surface area (Å²) in [5, 5.41) is 2.74. The van der Waals surface area contributed by atoms with Crippen molar-refractivity contribution in [2.75, 3.05) is 0 Å². The molecule has 0 saturated carbocycles. The quantitative estimate of drug-likeness (QED) is 0.607. The summed E-state index contributed by atoms with van der Waals surface area (Å²) < 4.78 is 16.6. The summed E-state index contributed by atoms with van der Waals surface area (Å²) in [5.41, 5.74) is 1.25. The van der Waals surface area contributed by atoms with Gasteiger partial charge in [-0.05, 0) is 38.8 Å². The number of carbonyl (C=O) groups is 2. The second kappa shape index (κ2) is 11.4. The minimum atomic E-state index is -0.821. The molecule has 0 aliphatic rings. The summed E-state index contributed by atoms with van der Waals surface area (Å²) >= 11 is 0. The first-order chi connectivity index (χ1) is 14.2. The molecule has 2 unspecified atom stereocenters. The lowest BCUT2D eigenvalue weighted by molar-refractivity contribution is -0.160. The smallest absolute Gasteiger partial charge is 0.407 e. The molecule has 0 heterocycles. The molecule has 1 amide bonds. The molecular formula is C24H31NO5. The van der Waals surface area contributed by atoms with Gasteiger partial charge in [0.25, 0.3) is 0 Å². The average molecular weight is 414 g/mol. The second-order valence-corrected chi connectivity index (χ2v) is 8.16. The Hall–Kier alpha value is -2.86. The van der Waals surface area contributed by atoms with Gasteiger partial charge >= 0.3 is 12.1 Å². The van der Waals surface area contributed by atoms with Crippen molar-refractivity contribution < 1.29 is 23.8 Å². The van der Waals surface area contributed by atoms with Gasteiger partial charge in [0.05, 0.1) is 6.61 Å². The standard InChI is InChI=1S/C24H31NO5/c1-18(25-23(27)30-24(2,3)4)15-21(28-16-19-11-7-5-8-12-19)22(26)29-17-20-13-9-6-10-14-20/h5-14,18,21H,15-17H2,1-4H3,(H,25,27). The Morgan fingerprint density at radius 3 is 1.97 bits per heavy atom. The van der Waals surface area contributed by atoms with Gasteiger partial charge in [0.1, 0.15) is 12.2 Å². The molecule has 2 atom stereocenters. The van der Waals surface area contributed by atoms with E-state index >= 15 is 0 Å². The molecule has 2 rings (SSSR count). The van der Waals surface area contributed by atoms with Gasteiger partial charge in [0.2, 0.25) is 0 Å². The van der Waals surface area contributed by atoms with Crippen LogP contribution in [0.25, 0.3) is 0 Å². The zero-order valence-corrected chi connectivity index (χ0v) is 18.1. The van der Waals surface area contributed by atoms with Crippen molar-refractivity contribution in [1.82, 2.24) is 5.32 Å². The van der Waals surface area contributed by atoms with E-state index in [2.05, 4.69) is 5.32 Å². The van der Waals surface area contributed by atoms with Gasteiger partial charge in [-0.2, -0.15) is 0 Å². The van der Waals surface area contributed by atoms with E-state index in [9.17, 15) is 9.59 Å². The molecule has 2 aromatic carbocycles. The summed E-state index contributed by atoms with van der Waals surface area (Å²) in [6, 6.07) is 18.7. The van der Waals surface area contributed by atoms with E-state index in [1.807, 2.05) is 60.7 Å². The van der Waals surface area contributed by atoms with Crippen molar-refractivity contribution in [3.8, 4) is 0 Å². The number of hydrogen-bond donors (Lipinski definition) is 1. The minimum Gasteiger partial charge on any atom is -0.459 e. The minimum absolute atomic E-state index is 0.165. The largest absolute Gasteiger partial charge is 0.459 e. The van der Waals surface area contributed by atoms with E-state index in [1.165, 1.54) is 0 Å². The van der Waals surface area contributed by atoms with Gasteiger partial charge < -0.3 is 19.5 Å². The van der Waals surface area contributed by atoms with E-state index in [4.69, 9.17) is 14.2 Å². The topological polar surface area (TPSA) is 73.9 Å². The summed E-state index contributed by atoms with van der Waals surface area (Å²) in [6.07, 6.45) is -1.09. The summed E-state index contributed by atoms with van der Waals surface area (Å²) in [7, 11) is 0. The Labute approximate surface area is 178 Å². The van der Waals surface area contributed by atoms with Crippen molar-refractivity contribution in [2.45, 2.75) is 65.1 Å². The molecular weight excluding hydrogens is 382 g/mol. The van der Waals surface area contributed by atoms with Crippen LogP contribution in [0.3, 0.4) is 0 Å². The second-order valence-electron chi connectivity index (χ2n) is 8.16. The van der Waals surface area contributed by atoms with Crippen LogP contribution in [-0.2, 0) is 32.2 Å². The molecule has 0 radical (unpaired) electrons. The van der Waals surface area contributed by atoms with Crippen molar-refractivity contribution in [1.29, 1.82) is 0 Å². The van der Waals surface area contributed by atoms with E-state index in [-0.39, 0.29) is 25.7 Å². The first kappa shape index (κ1) is 23.4. The number of alkyl carbamates (subject to hydrolysis) is 1. The third-order valence-electron chi connectivity index (χ3n) is 4.11. The van der Waals surface area contributed by atoms with Crippen LogP contribution in [0.4, 0.5) is 4.79 Å². The molecule has 0 spiro atoms. The highest BCUT2D eigenvalue weighted by molar-refractivity contribution is 5.75. The normalized spacial score (nSPS) is 13.2. The first-order valence-corrected chi connectivity index (χ1v) is 10.1. The number of carbonyl (C=O) groups excluding carboxylic acids is 2. The Balaban J connectivity index is 1.96. The maximum atomic E-state index is 12.7. The number of benzene rings is 2. The van der Waals surface area contributed by atoms with E-state index < -0.39 is 23.8 Å². The van der Waals surface area contributed by atoms with Crippen molar-refractivity contribution in [3.63, 3.8) is 0 Å². The maximum Gasteiger partial charge on any atom is 0.407 e. The lowest BCUT2D eigenvalue weighted by Crippen LogP contribution is -2.41. The highest BCUT2D eigenvalue weighted by Crippen LogP contribution is 2.13. The molecule has 6 heteroatoms. The van der Waals surface area contributed by atoms with Crippen LogP contribution in [0.2, 0.25) is 0 Å². The van der Waals surface area contributed by atoms with Gasteiger partial charge in [0.15, 0.2) is 6.10 Å². The van der Waals surface area contributed by atoms with Gasteiger partial charge in [0, 0.05) is 12.5 Å². The molecule has 2 aromatic rings. The Bertz CT molecular complexity index is 786. The van der Waals surface area contributed by atoms with E-state index in [0.717, 1.165) is 11.1 Å². The zero-order chi connectivity index (χ0) is 22.0. The molecule has 0 fully saturated rings. The summed E-state index contributed by atoms with van der Waals surface area (Å²) in [6.45, 7) is 7.62. The molecule has 0 aliphatic heterocycles. The maximum absolute atomic E-state index is 12.7. The predicted octanol–water partition coefficient (Wildman–Crippen LogP) is 4.62. The monoisotopic (exact) mass is 413 g/mol. The van der Waals surface area contributed by atoms with Crippen LogP contribution in [0, 0.1) is 0 Å². The van der Waals surface area contributed by atoms with Crippen molar-refractivity contribution >= 4 is 12.1 Å². The Kier molecular flexibility index (Phi) is 8.87. The van der Waals surface area contributed by atoms with E-state index in [1.54, 1.807) is 27.7 Å². The van der Waals surface area contributed by atoms with Crippen molar-refractivity contribution in [3.05, 3.63) is 71.8 Å². The van der Waals surface area contributed by atoms with Crippen LogP contribution in [0.15, 0.2) is 60.7 Å². The van der Waals surface area contributed by atoms with Crippen molar-refractivity contribution in [2.24, 2.45) is 0 Å². The SMILES string of the molecule is CC(CC(OCc1ccccc1)C(=O)OCc1ccccc1)NC(=O)OC(C)(C)C. The molecule has 6 nitrogen and oxygen atoms in total. The number of amides is 1. The lowest BCUT2D eigenvalue weighted by atomic mass is 10.1. The predicted molar refractivity (Wildman–Crippen MR) is 115 cm³/mol. The zero-order valence-electron chi connectivity index (χ0n) is 18.1. The number of hydrogen-bond acceptors (Lipinski definition) is 5. The van der Waals surface area contributed by atoms with Gasteiger partial charge in [-0.25, -0.2) is 9.59 Å². The van der Waals surface area contributed by atoms with Gasteiger partial charge in [-0.3, -0.25) is 0 Å². The van der Waals surface area contributed by atoms with E-state index in [0.29, 0.717) is 0 Å². The van der Waals surface area contributed by atoms with Crippen LogP contribution in [0.5, 0.6) is 0 Å². The lowest BCUT2D eigenvalue weighted by Gasteiger charge is -2.24. The highest BCUT2D eigenvalue weighted by Gasteiger charge is 2.26. The number of nitrogens with one attached hydrogen (secondary N) is 1. The first-order valence-electron chi connectivity index (χ1n) is 10.1. The third kappa shape index (κ3) is 9.09. The summed E-state index contributed by atoms with van der Waals surface area (Å²) in [5.74, 6) is -0.465. The Morgan fingerprint density at radius 2 is 1.43 bits per heavy atom. The highest BCUT2D eigenvalue weighted by atomic mass is 16.6. The van der Waals surface area contributed by atoms with Gasteiger partial charge in [-0.15, -0.1) is 0 Å². The molecule has 0 saturated heterocycles. The van der Waals surface area contributed by atoms with Crippen LogP contribution < -0.4 is 5.32 Å². The van der Waals surface area contributed by atoms with Gasteiger partial charge in [-0.1, -0.05) is 60.7 Å². The molecule has 30 heavy (non-hydrogen) atoms. The number of rotatable bonds is 9. The van der Waals surface area contributed by atoms with Crippen LogP contribution in [-0.4, -0.2) is 29.8 Å². The van der Waals surface area contributed by atoms with Crippen LogP contribution >= 0.6 is 0 Å². The fourth-order valence-corrected chi connectivity index (χ4v) is 2.71.